The van der Waals surface area contributed by atoms with Gasteiger partial charge in [0.15, 0.2) is 5.65 Å². The van der Waals surface area contributed by atoms with E-state index in [4.69, 9.17) is 35.8 Å². The molecule has 5 aromatic rings. The Morgan fingerprint density at radius 3 is 2.65 bits per heavy atom. The summed E-state index contributed by atoms with van der Waals surface area (Å²) in [5.74, 6) is 1.27. The fourth-order valence-corrected chi connectivity index (χ4v) is 5.67. The quantitative estimate of drug-likeness (QED) is 0.244. The van der Waals surface area contributed by atoms with E-state index in [0.717, 1.165) is 36.8 Å². The van der Waals surface area contributed by atoms with Crippen molar-refractivity contribution in [2.75, 3.05) is 7.11 Å². The molecule has 1 unspecified atom stereocenters. The van der Waals surface area contributed by atoms with Gasteiger partial charge in [-0.2, -0.15) is 0 Å². The second-order valence-electron chi connectivity index (χ2n) is 10.0. The first-order valence-electron chi connectivity index (χ1n) is 13.2. The fraction of sp³-hybridized carbons (Fsp3) is 0.310. The summed E-state index contributed by atoms with van der Waals surface area (Å²) in [7, 11) is 1.68. The van der Waals surface area contributed by atoms with Gasteiger partial charge in [-0.1, -0.05) is 53.2 Å². The molecule has 1 atom stereocenters. The van der Waals surface area contributed by atoms with Crippen LogP contribution < -0.4 is 5.76 Å². The molecule has 0 radical (unpaired) electrons. The minimum absolute atomic E-state index is 0.105. The average molecular weight is 558 g/mol. The molecule has 1 aromatic carbocycles. The first-order chi connectivity index (χ1) is 19.5. The van der Waals surface area contributed by atoms with Crippen LogP contribution in [0.1, 0.15) is 43.2 Å². The van der Waals surface area contributed by atoms with E-state index < -0.39 is 11.9 Å². The van der Waals surface area contributed by atoms with Gasteiger partial charge < -0.3 is 9.30 Å². The van der Waals surface area contributed by atoms with Crippen LogP contribution in [-0.4, -0.2) is 41.8 Å². The standard InChI is InChI=1S/C29H28ClN7O3/c1-3-17-9-11-18(12-10-17)16-37-23-22(20-13-21(30)15-31-14-20)32-26(27-35-29(38)40-36-27)33-25(23)34-28(37)24(39-2)19-7-5-4-6-8-19/h3-8,13-15,17-18,24H,1,9-12,16H2,2H3,(H,35,36,38). The molecule has 1 N–H and O–H groups in total. The van der Waals surface area contributed by atoms with Crippen molar-refractivity contribution in [1.29, 1.82) is 0 Å². The lowest BCUT2D eigenvalue weighted by Crippen LogP contribution is -2.21. The number of fused-ring (bicyclic) bond motifs is 1. The number of ether oxygens (including phenoxy) is 1. The number of pyridine rings is 1. The summed E-state index contributed by atoms with van der Waals surface area (Å²) < 4.78 is 13.0. The van der Waals surface area contributed by atoms with Crippen LogP contribution in [0.25, 0.3) is 34.1 Å². The Balaban J connectivity index is 1.59. The number of nitrogens with one attached hydrogen (secondary N) is 1. The number of hydrogen-bond acceptors (Lipinski definition) is 8. The minimum atomic E-state index is -0.700. The molecule has 10 nitrogen and oxygen atoms in total. The molecule has 0 aliphatic heterocycles. The van der Waals surface area contributed by atoms with Gasteiger partial charge >= 0.3 is 5.76 Å². The van der Waals surface area contributed by atoms with E-state index >= 15 is 0 Å². The number of benzene rings is 1. The summed E-state index contributed by atoms with van der Waals surface area (Å²) in [6.45, 7) is 4.71. The zero-order valence-corrected chi connectivity index (χ0v) is 22.7. The minimum Gasteiger partial charge on any atom is -0.369 e. The van der Waals surface area contributed by atoms with Gasteiger partial charge in [-0.3, -0.25) is 14.5 Å². The molecule has 0 bridgehead atoms. The van der Waals surface area contributed by atoms with Crippen LogP contribution in [0.15, 0.2) is 70.8 Å². The van der Waals surface area contributed by atoms with Gasteiger partial charge in [0.05, 0.1) is 5.02 Å². The summed E-state index contributed by atoms with van der Waals surface area (Å²) in [6.07, 6.45) is 9.25. The van der Waals surface area contributed by atoms with Gasteiger partial charge in [-0.25, -0.2) is 19.7 Å². The van der Waals surface area contributed by atoms with Crippen molar-refractivity contribution in [1.82, 2.24) is 34.6 Å². The molecule has 1 aliphatic carbocycles. The average Bonchev–Trinajstić information content (AvgIpc) is 3.57. The highest BCUT2D eigenvalue weighted by atomic mass is 35.5. The van der Waals surface area contributed by atoms with Crippen LogP contribution in [0, 0.1) is 11.8 Å². The number of allylic oxidation sites excluding steroid dienone is 1. The van der Waals surface area contributed by atoms with Crippen LogP contribution in [0.2, 0.25) is 5.02 Å². The number of hydrogen-bond donors (Lipinski definition) is 1. The Hall–Kier alpha value is -4.15. The Labute approximate surface area is 235 Å². The lowest BCUT2D eigenvalue weighted by Gasteiger charge is -2.28. The van der Waals surface area contributed by atoms with E-state index in [1.807, 2.05) is 30.3 Å². The molecule has 0 saturated heterocycles. The van der Waals surface area contributed by atoms with E-state index in [1.54, 1.807) is 25.6 Å². The summed E-state index contributed by atoms with van der Waals surface area (Å²) in [4.78, 5) is 33.1. The maximum atomic E-state index is 11.7. The van der Waals surface area contributed by atoms with Gasteiger partial charge in [0.25, 0.3) is 0 Å². The van der Waals surface area contributed by atoms with Gasteiger partial charge in [0, 0.05) is 31.6 Å². The molecule has 1 saturated carbocycles. The Bertz CT molecular complexity index is 1700. The fourth-order valence-electron chi connectivity index (χ4n) is 5.50. The highest BCUT2D eigenvalue weighted by molar-refractivity contribution is 6.30. The van der Waals surface area contributed by atoms with Gasteiger partial charge in [0.1, 0.15) is 23.1 Å². The van der Waals surface area contributed by atoms with Crippen molar-refractivity contribution in [3.8, 4) is 22.9 Å². The van der Waals surface area contributed by atoms with Crippen LogP contribution in [0.3, 0.4) is 0 Å². The number of rotatable bonds is 8. The van der Waals surface area contributed by atoms with E-state index in [-0.39, 0.29) is 11.6 Å². The molecule has 11 heteroatoms. The Morgan fingerprint density at radius 2 is 1.98 bits per heavy atom. The number of halogens is 1. The summed E-state index contributed by atoms with van der Waals surface area (Å²) in [5, 5.41) is 4.27. The van der Waals surface area contributed by atoms with E-state index in [2.05, 4.69) is 32.3 Å². The number of imidazole rings is 1. The maximum absolute atomic E-state index is 11.7. The van der Waals surface area contributed by atoms with Crippen molar-refractivity contribution in [3.05, 3.63) is 88.4 Å². The number of methoxy groups -OCH3 is 1. The molecule has 4 heterocycles. The lowest BCUT2D eigenvalue weighted by molar-refractivity contribution is 0.124. The number of H-pyrrole nitrogens is 1. The van der Waals surface area contributed by atoms with Crippen molar-refractivity contribution in [3.63, 3.8) is 0 Å². The van der Waals surface area contributed by atoms with E-state index in [9.17, 15) is 4.79 Å². The van der Waals surface area contributed by atoms with E-state index in [1.165, 1.54) is 0 Å². The molecule has 0 spiro atoms. The largest absolute Gasteiger partial charge is 0.439 e. The van der Waals surface area contributed by atoms with Crippen molar-refractivity contribution >= 4 is 22.8 Å². The molecule has 0 amide bonds. The van der Waals surface area contributed by atoms with Gasteiger partial charge in [-0.15, -0.1) is 6.58 Å². The molecule has 1 fully saturated rings. The Kier molecular flexibility index (Phi) is 7.27. The lowest BCUT2D eigenvalue weighted by atomic mass is 9.82. The Morgan fingerprint density at radius 1 is 1.18 bits per heavy atom. The molecular weight excluding hydrogens is 530 g/mol. The second kappa shape index (κ2) is 11.1. The first-order valence-corrected chi connectivity index (χ1v) is 13.6. The monoisotopic (exact) mass is 557 g/mol. The summed E-state index contributed by atoms with van der Waals surface area (Å²) >= 11 is 6.36. The van der Waals surface area contributed by atoms with Crippen LogP contribution in [-0.2, 0) is 11.3 Å². The van der Waals surface area contributed by atoms with Crippen molar-refractivity contribution < 1.29 is 9.26 Å². The second-order valence-corrected chi connectivity index (χ2v) is 10.5. The molecular formula is C29H28ClN7O3. The van der Waals surface area contributed by atoms with Crippen LogP contribution in [0.5, 0.6) is 0 Å². The predicted molar refractivity (Wildman–Crippen MR) is 151 cm³/mol. The number of aromatic nitrogens is 7. The number of nitrogens with zero attached hydrogens (tertiary/aromatic N) is 6. The molecule has 40 heavy (non-hydrogen) atoms. The highest BCUT2D eigenvalue weighted by Gasteiger charge is 2.29. The molecule has 4 aromatic heterocycles. The first kappa shape index (κ1) is 26.1. The zero-order chi connectivity index (χ0) is 27.6. The van der Waals surface area contributed by atoms with Crippen LogP contribution in [0.4, 0.5) is 0 Å². The van der Waals surface area contributed by atoms with Crippen molar-refractivity contribution in [2.24, 2.45) is 11.8 Å². The van der Waals surface area contributed by atoms with Gasteiger partial charge in [-0.05, 0) is 49.1 Å². The highest BCUT2D eigenvalue weighted by Crippen LogP contribution is 2.37. The van der Waals surface area contributed by atoms with Gasteiger partial charge in [0.2, 0.25) is 11.6 Å². The third kappa shape index (κ3) is 5.07. The van der Waals surface area contributed by atoms with E-state index in [0.29, 0.717) is 46.1 Å². The third-order valence-electron chi connectivity index (χ3n) is 7.50. The topological polar surface area (TPSA) is 125 Å². The molecule has 204 valence electrons. The molecule has 1 aliphatic rings. The summed E-state index contributed by atoms with van der Waals surface area (Å²) in [6, 6.07) is 11.8. The third-order valence-corrected chi connectivity index (χ3v) is 7.71. The van der Waals surface area contributed by atoms with Crippen LogP contribution >= 0.6 is 11.6 Å². The summed E-state index contributed by atoms with van der Waals surface area (Å²) in [5.41, 5.74) is 3.40. The van der Waals surface area contributed by atoms with Crippen molar-refractivity contribution in [2.45, 2.75) is 38.3 Å². The smallest absolute Gasteiger partial charge is 0.369 e. The molecule has 6 rings (SSSR count). The number of aromatic amines is 1. The SMILES string of the molecule is C=CC1CCC(Cn2c(C(OC)c3ccccc3)nc3nc(-c4noc(=O)[nH]4)nc(-c4cncc(Cl)c4)c32)CC1. The normalized spacial score (nSPS) is 18.1. The zero-order valence-electron chi connectivity index (χ0n) is 22.0. The maximum Gasteiger partial charge on any atom is 0.439 e. The predicted octanol–water partition coefficient (Wildman–Crippen LogP) is 5.61.